The first-order chi connectivity index (χ1) is 41.5. The number of allylic oxidation sites excluding steroid dienone is 5. The van der Waals surface area contributed by atoms with E-state index in [0.717, 1.165) is 44.9 Å². The molecule has 2 atom stereocenters. The molecule has 0 aliphatic heterocycles. The topological polar surface area (TPSA) is 95.9 Å². The Hall–Kier alpha value is -1.92. The maximum absolute atomic E-state index is 12.5. The highest BCUT2D eigenvalue weighted by Gasteiger charge is 2.18. The van der Waals surface area contributed by atoms with Crippen LogP contribution in [0.4, 0.5) is 0 Å². The summed E-state index contributed by atoms with van der Waals surface area (Å²) >= 11 is 0. The number of nitrogens with one attached hydrogen (secondary N) is 1. The number of hydrogen-bond donors (Lipinski definition) is 3. The van der Waals surface area contributed by atoms with Crippen LogP contribution in [-0.2, 0) is 14.3 Å². The molecule has 0 aromatic rings. The number of unbranched alkanes of at least 4 members (excludes halogenated alkanes) is 57. The highest BCUT2D eigenvalue weighted by atomic mass is 16.5. The van der Waals surface area contributed by atoms with Crippen LogP contribution in [0.1, 0.15) is 425 Å². The average Bonchev–Trinajstić information content (AvgIpc) is 3.53. The third-order valence-corrected chi connectivity index (χ3v) is 17.9. The van der Waals surface area contributed by atoms with Crippen molar-refractivity contribution in [3.05, 3.63) is 36.5 Å². The van der Waals surface area contributed by atoms with Gasteiger partial charge in [0.05, 0.1) is 25.4 Å². The van der Waals surface area contributed by atoms with E-state index in [-0.39, 0.29) is 18.5 Å². The Balaban J connectivity index is 3.34. The quantitative estimate of drug-likeness (QED) is 0.0320. The lowest BCUT2D eigenvalue weighted by atomic mass is 10.0. The number of ether oxygens (including phenoxy) is 1. The average molecular weight is 1180 g/mol. The van der Waals surface area contributed by atoms with Crippen molar-refractivity contribution in [1.29, 1.82) is 0 Å². The van der Waals surface area contributed by atoms with E-state index in [1.165, 1.54) is 353 Å². The van der Waals surface area contributed by atoms with E-state index < -0.39 is 12.1 Å². The predicted octanol–water partition coefficient (Wildman–Crippen LogP) is 25.0. The summed E-state index contributed by atoms with van der Waals surface area (Å²) in [4.78, 5) is 24.6. The molecule has 0 spiro atoms. The fourth-order valence-electron chi connectivity index (χ4n) is 12.0. The predicted molar refractivity (Wildman–Crippen MR) is 370 cm³/mol. The standard InChI is InChI=1S/C78H149NO5/c1-3-5-7-9-11-13-15-17-19-39-44-48-52-56-60-64-68-72-78(83)84-73-69-65-61-57-53-49-45-41-38-36-34-32-30-28-26-24-22-20-21-23-25-27-29-31-33-35-37-40-43-47-51-55-59-63-67-71-77(82)79-75(74-80)76(81)70-66-62-58-54-50-46-42-18-16-14-12-10-8-6-4-2/h17,19,22,24,66,70,75-76,80-81H,3-16,18,20-21,23,25-65,67-69,71-74H2,1-2H3,(H,79,82)/b19-17-,24-22-,70-66+. The molecular weight excluding hydrogens is 1030 g/mol. The SMILES string of the molecule is CCCCCCCC/C=C\CCCCCCCCCC(=O)OCCCCCCCCCCCCCCCC/C=C\CCCCCCCCCCCCCCCCCCCC(=O)NC(CO)C(O)/C=C/CCCCCCCCCCCCCCC. The van der Waals surface area contributed by atoms with Crippen LogP contribution in [0.2, 0.25) is 0 Å². The molecule has 0 heterocycles. The zero-order valence-corrected chi connectivity index (χ0v) is 56.9. The van der Waals surface area contributed by atoms with E-state index in [2.05, 4.69) is 43.5 Å². The van der Waals surface area contributed by atoms with Crippen LogP contribution < -0.4 is 5.32 Å². The molecule has 6 nitrogen and oxygen atoms in total. The number of aliphatic hydroxyl groups excluding tert-OH is 2. The normalized spacial score (nSPS) is 12.7. The van der Waals surface area contributed by atoms with E-state index in [9.17, 15) is 19.8 Å². The number of amides is 1. The minimum atomic E-state index is -0.842. The molecule has 1 amide bonds. The summed E-state index contributed by atoms with van der Waals surface area (Å²) in [6.45, 7) is 4.93. The van der Waals surface area contributed by atoms with Gasteiger partial charge in [0.1, 0.15) is 0 Å². The third-order valence-electron chi connectivity index (χ3n) is 17.9. The van der Waals surface area contributed by atoms with Gasteiger partial charge in [-0.3, -0.25) is 9.59 Å². The van der Waals surface area contributed by atoms with E-state index in [1.54, 1.807) is 6.08 Å². The summed E-state index contributed by atoms with van der Waals surface area (Å²) in [7, 11) is 0. The minimum Gasteiger partial charge on any atom is -0.466 e. The lowest BCUT2D eigenvalue weighted by Gasteiger charge is -2.20. The Morgan fingerprint density at radius 3 is 0.845 bits per heavy atom. The molecule has 2 unspecified atom stereocenters. The molecule has 0 bridgehead atoms. The number of aliphatic hydroxyl groups is 2. The van der Waals surface area contributed by atoms with Gasteiger partial charge in [-0.2, -0.15) is 0 Å². The van der Waals surface area contributed by atoms with Crippen molar-refractivity contribution in [1.82, 2.24) is 5.32 Å². The molecule has 0 fully saturated rings. The fraction of sp³-hybridized carbons (Fsp3) is 0.897. The summed E-state index contributed by atoms with van der Waals surface area (Å²) in [5, 5.41) is 23.2. The van der Waals surface area contributed by atoms with E-state index in [0.29, 0.717) is 19.4 Å². The van der Waals surface area contributed by atoms with Gasteiger partial charge in [-0.1, -0.05) is 365 Å². The highest BCUT2D eigenvalue weighted by Crippen LogP contribution is 2.19. The zero-order chi connectivity index (χ0) is 60.6. The van der Waals surface area contributed by atoms with Crippen LogP contribution in [0.15, 0.2) is 36.5 Å². The summed E-state index contributed by atoms with van der Waals surface area (Å²) in [6.07, 6.45) is 95.4. The summed E-state index contributed by atoms with van der Waals surface area (Å²) in [5.74, 6) is -0.0447. The van der Waals surface area contributed by atoms with E-state index >= 15 is 0 Å². The lowest BCUT2D eigenvalue weighted by molar-refractivity contribution is -0.143. The van der Waals surface area contributed by atoms with Crippen LogP contribution >= 0.6 is 0 Å². The van der Waals surface area contributed by atoms with Gasteiger partial charge in [0.15, 0.2) is 0 Å². The molecule has 0 aromatic heterocycles. The van der Waals surface area contributed by atoms with Gasteiger partial charge < -0.3 is 20.3 Å². The van der Waals surface area contributed by atoms with Gasteiger partial charge in [-0.05, 0) is 83.5 Å². The smallest absolute Gasteiger partial charge is 0.305 e. The van der Waals surface area contributed by atoms with Crippen molar-refractivity contribution in [3.63, 3.8) is 0 Å². The van der Waals surface area contributed by atoms with Crippen molar-refractivity contribution >= 4 is 11.9 Å². The maximum Gasteiger partial charge on any atom is 0.305 e. The molecule has 0 saturated heterocycles. The number of hydrogen-bond acceptors (Lipinski definition) is 5. The van der Waals surface area contributed by atoms with E-state index in [1.807, 2.05) is 6.08 Å². The largest absolute Gasteiger partial charge is 0.466 e. The second kappa shape index (κ2) is 73.5. The highest BCUT2D eigenvalue weighted by molar-refractivity contribution is 5.76. The molecular formula is C78H149NO5. The number of esters is 1. The second-order valence-electron chi connectivity index (χ2n) is 26.3. The molecule has 0 aliphatic rings. The molecule has 0 radical (unpaired) electrons. The molecule has 0 rings (SSSR count). The summed E-state index contributed by atoms with van der Waals surface area (Å²) in [6, 6.07) is -0.625. The number of rotatable bonds is 72. The minimum absolute atomic E-state index is 0.0172. The van der Waals surface area contributed by atoms with Crippen LogP contribution in [-0.4, -0.2) is 47.4 Å². The lowest BCUT2D eigenvalue weighted by Crippen LogP contribution is -2.45. The van der Waals surface area contributed by atoms with Crippen LogP contribution in [0.3, 0.4) is 0 Å². The monoisotopic (exact) mass is 1180 g/mol. The van der Waals surface area contributed by atoms with Crippen molar-refractivity contribution in [2.24, 2.45) is 0 Å². The molecule has 3 N–H and O–H groups in total. The first kappa shape index (κ1) is 82.1. The van der Waals surface area contributed by atoms with Crippen LogP contribution in [0.5, 0.6) is 0 Å². The first-order valence-corrected chi connectivity index (χ1v) is 38.3. The summed E-state index contributed by atoms with van der Waals surface area (Å²) < 4.78 is 5.51. The van der Waals surface area contributed by atoms with Gasteiger partial charge in [0, 0.05) is 12.8 Å². The van der Waals surface area contributed by atoms with Crippen molar-refractivity contribution < 1.29 is 24.5 Å². The molecule has 0 aromatic carbocycles. The van der Waals surface area contributed by atoms with Gasteiger partial charge in [0.2, 0.25) is 5.91 Å². The fourth-order valence-corrected chi connectivity index (χ4v) is 12.0. The Kier molecular flexibility index (Phi) is 71.9. The van der Waals surface area contributed by atoms with Crippen LogP contribution in [0, 0.1) is 0 Å². The van der Waals surface area contributed by atoms with Gasteiger partial charge >= 0.3 is 5.97 Å². The third kappa shape index (κ3) is 69.2. The molecule has 0 saturated carbocycles. The molecule has 0 aliphatic carbocycles. The number of carbonyl (C=O) groups excluding carboxylic acids is 2. The molecule has 6 heteroatoms. The first-order valence-electron chi connectivity index (χ1n) is 38.3. The Morgan fingerprint density at radius 1 is 0.321 bits per heavy atom. The Morgan fingerprint density at radius 2 is 0.560 bits per heavy atom. The van der Waals surface area contributed by atoms with Gasteiger partial charge in [0.25, 0.3) is 0 Å². The zero-order valence-electron chi connectivity index (χ0n) is 56.9. The van der Waals surface area contributed by atoms with Crippen LogP contribution in [0.25, 0.3) is 0 Å². The summed E-state index contributed by atoms with van der Waals surface area (Å²) in [5.41, 5.74) is 0. The number of carbonyl (C=O) groups is 2. The van der Waals surface area contributed by atoms with Gasteiger partial charge in [-0.25, -0.2) is 0 Å². The molecule has 496 valence electrons. The maximum atomic E-state index is 12.5. The van der Waals surface area contributed by atoms with Gasteiger partial charge in [-0.15, -0.1) is 0 Å². The Bertz CT molecular complexity index is 1360. The van der Waals surface area contributed by atoms with Crippen molar-refractivity contribution in [3.8, 4) is 0 Å². The van der Waals surface area contributed by atoms with Crippen molar-refractivity contribution in [2.75, 3.05) is 13.2 Å². The molecule has 84 heavy (non-hydrogen) atoms. The van der Waals surface area contributed by atoms with Crippen molar-refractivity contribution in [2.45, 2.75) is 437 Å². The van der Waals surface area contributed by atoms with E-state index in [4.69, 9.17) is 4.74 Å². The Labute approximate surface area is 525 Å². The second-order valence-corrected chi connectivity index (χ2v) is 26.3.